The summed E-state index contributed by atoms with van der Waals surface area (Å²) >= 11 is 0. The lowest BCUT2D eigenvalue weighted by Gasteiger charge is -2.09. The molecule has 0 bridgehead atoms. The average Bonchev–Trinajstić information content (AvgIpc) is 2.17. The van der Waals surface area contributed by atoms with Crippen LogP contribution in [0.15, 0.2) is 12.2 Å². The first kappa shape index (κ1) is 16.0. The summed E-state index contributed by atoms with van der Waals surface area (Å²) in [5, 5.41) is 10.9. The molecule has 0 aliphatic carbocycles. The van der Waals surface area contributed by atoms with Crippen molar-refractivity contribution in [3.63, 3.8) is 0 Å². The summed E-state index contributed by atoms with van der Waals surface area (Å²) in [5.74, 6) is -1.50. The Bertz CT molecular complexity index is 227. The van der Waals surface area contributed by atoms with Crippen molar-refractivity contribution in [2.45, 2.75) is 13.2 Å². The molecule has 0 rings (SSSR count). The predicted octanol–water partition coefficient (Wildman–Crippen LogP) is -0.567. The summed E-state index contributed by atoms with van der Waals surface area (Å²) in [6.07, 6.45) is -1.63. The van der Waals surface area contributed by atoms with Crippen LogP contribution in [0.5, 0.6) is 0 Å². The maximum atomic E-state index is 10.8. The molecule has 0 radical (unpaired) electrons. The number of aliphatic hydroxyl groups is 1. The number of methoxy groups -OCH3 is 2. The van der Waals surface area contributed by atoms with Crippen LogP contribution in [-0.4, -0.2) is 44.5 Å². The summed E-state index contributed by atoms with van der Waals surface area (Å²) in [7, 11) is 4.36. The second-order valence-electron chi connectivity index (χ2n) is 2.59. The molecule has 1 amide bonds. The zero-order chi connectivity index (χ0) is 12.4. The molecule has 0 aromatic carbocycles. The highest BCUT2D eigenvalue weighted by molar-refractivity contribution is 5.94. The number of aliphatic hydroxyl groups excluding tert-OH is 1. The number of carbonyl (C=O) groups excluding carboxylic acids is 2. The lowest BCUT2D eigenvalue weighted by molar-refractivity contribution is -0.154. The largest absolute Gasteiger partial charge is 0.466 e. The standard InChI is InChI=1S/C7H11NO4.C2H6O/c1-4(2)5(9)8-6(10)7(11)12-3;1-3-2/h6,10H,1H2,2-3H3,(H,8,9);1-2H3. The highest BCUT2D eigenvalue weighted by atomic mass is 16.5. The van der Waals surface area contributed by atoms with Gasteiger partial charge in [-0.05, 0) is 6.92 Å². The van der Waals surface area contributed by atoms with E-state index < -0.39 is 18.1 Å². The van der Waals surface area contributed by atoms with Crippen LogP contribution in [0.1, 0.15) is 6.92 Å². The molecule has 0 saturated heterocycles. The van der Waals surface area contributed by atoms with Crippen LogP contribution in [0.25, 0.3) is 0 Å². The maximum Gasteiger partial charge on any atom is 0.356 e. The van der Waals surface area contributed by atoms with E-state index in [1.807, 2.05) is 5.32 Å². The van der Waals surface area contributed by atoms with Gasteiger partial charge in [-0.25, -0.2) is 4.79 Å². The van der Waals surface area contributed by atoms with E-state index in [9.17, 15) is 9.59 Å². The fourth-order valence-electron chi connectivity index (χ4n) is 0.418. The molecular formula is C9H17NO5. The number of carbonyl (C=O) groups is 2. The monoisotopic (exact) mass is 219 g/mol. The molecule has 0 heterocycles. The highest BCUT2D eigenvalue weighted by Gasteiger charge is 2.17. The zero-order valence-corrected chi connectivity index (χ0v) is 9.36. The van der Waals surface area contributed by atoms with Gasteiger partial charge in [-0.3, -0.25) is 4.79 Å². The lowest BCUT2D eigenvalue weighted by Crippen LogP contribution is -2.41. The van der Waals surface area contributed by atoms with Crippen LogP contribution in [0, 0.1) is 0 Å². The summed E-state index contributed by atoms with van der Waals surface area (Å²) in [4.78, 5) is 21.3. The van der Waals surface area contributed by atoms with Crippen LogP contribution in [0.4, 0.5) is 0 Å². The van der Waals surface area contributed by atoms with Gasteiger partial charge in [-0.1, -0.05) is 6.58 Å². The van der Waals surface area contributed by atoms with E-state index in [-0.39, 0.29) is 5.57 Å². The number of hydrogen-bond donors (Lipinski definition) is 2. The maximum absolute atomic E-state index is 10.8. The second-order valence-corrected chi connectivity index (χ2v) is 2.59. The molecule has 1 unspecified atom stereocenters. The topological polar surface area (TPSA) is 84.9 Å². The van der Waals surface area contributed by atoms with Gasteiger partial charge in [-0.15, -0.1) is 0 Å². The third-order valence-electron chi connectivity index (χ3n) is 1.08. The summed E-state index contributed by atoms with van der Waals surface area (Å²) < 4.78 is 8.41. The number of esters is 1. The Hall–Kier alpha value is -1.40. The van der Waals surface area contributed by atoms with Crippen molar-refractivity contribution < 1.29 is 24.2 Å². The van der Waals surface area contributed by atoms with Crippen molar-refractivity contribution in [3.05, 3.63) is 12.2 Å². The predicted molar refractivity (Wildman–Crippen MR) is 53.9 cm³/mol. The normalized spacial score (nSPS) is 10.5. The molecule has 0 aliphatic rings. The summed E-state index contributed by atoms with van der Waals surface area (Å²) in [6, 6.07) is 0. The Morgan fingerprint density at radius 2 is 1.73 bits per heavy atom. The van der Waals surface area contributed by atoms with E-state index in [0.29, 0.717) is 0 Å². The SMILES string of the molecule is C=C(C)C(=O)NC(O)C(=O)OC.COC. The molecular weight excluding hydrogens is 202 g/mol. The second kappa shape index (κ2) is 9.17. The van der Waals surface area contributed by atoms with E-state index in [1.165, 1.54) is 6.92 Å². The van der Waals surface area contributed by atoms with Gasteiger partial charge in [0, 0.05) is 19.8 Å². The van der Waals surface area contributed by atoms with Crippen LogP contribution in [-0.2, 0) is 19.1 Å². The van der Waals surface area contributed by atoms with Gasteiger partial charge in [0.15, 0.2) is 0 Å². The molecule has 0 saturated carbocycles. The van der Waals surface area contributed by atoms with Crippen LogP contribution >= 0.6 is 0 Å². The van der Waals surface area contributed by atoms with Gasteiger partial charge in [0.2, 0.25) is 12.1 Å². The Balaban J connectivity index is 0. The summed E-state index contributed by atoms with van der Waals surface area (Å²) in [6.45, 7) is 4.78. The quantitative estimate of drug-likeness (QED) is 0.377. The molecule has 6 heteroatoms. The molecule has 1 atom stereocenters. The van der Waals surface area contributed by atoms with Crippen molar-refractivity contribution in [2.24, 2.45) is 0 Å². The molecule has 2 N–H and O–H groups in total. The van der Waals surface area contributed by atoms with Gasteiger partial charge in [-0.2, -0.15) is 0 Å². The van der Waals surface area contributed by atoms with Crippen LogP contribution in [0.2, 0.25) is 0 Å². The van der Waals surface area contributed by atoms with E-state index in [2.05, 4.69) is 16.1 Å². The van der Waals surface area contributed by atoms with Gasteiger partial charge in [0.1, 0.15) is 0 Å². The van der Waals surface area contributed by atoms with Crippen molar-refractivity contribution >= 4 is 11.9 Å². The molecule has 0 aliphatic heterocycles. The number of hydrogen-bond acceptors (Lipinski definition) is 5. The molecule has 15 heavy (non-hydrogen) atoms. The third kappa shape index (κ3) is 8.92. The molecule has 6 nitrogen and oxygen atoms in total. The van der Waals surface area contributed by atoms with Gasteiger partial charge in [0.25, 0.3) is 0 Å². The van der Waals surface area contributed by atoms with Gasteiger partial charge in [0.05, 0.1) is 7.11 Å². The Labute approximate surface area is 88.9 Å². The Kier molecular flexibility index (Phi) is 9.81. The Morgan fingerprint density at radius 3 is 2.00 bits per heavy atom. The fourth-order valence-corrected chi connectivity index (χ4v) is 0.418. The third-order valence-corrected chi connectivity index (χ3v) is 1.08. The number of ether oxygens (including phenoxy) is 2. The van der Waals surface area contributed by atoms with Gasteiger partial charge >= 0.3 is 5.97 Å². The van der Waals surface area contributed by atoms with Crippen LogP contribution < -0.4 is 5.32 Å². The highest BCUT2D eigenvalue weighted by Crippen LogP contribution is 1.88. The minimum atomic E-state index is -1.63. The van der Waals surface area contributed by atoms with E-state index in [0.717, 1.165) is 7.11 Å². The van der Waals surface area contributed by atoms with E-state index in [1.54, 1.807) is 14.2 Å². The van der Waals surface area contributed by atoms with Crippen molar-refractivity contribution in [1.82, 2.24) is 5.32 Å². The smallest absolute Gasteiger partial charge is 0.356 e. The lowest BCUT2D eigenvalue weighted by atomic mass is 10.3. The number of rotatable bonds is 3. The number of nitrogens with one attached hydrogen (secondary N) is 1. The van der Waals surface area contributed by atoms with Crippen molar-refractivity contribution in [1.29, 1.82) is 0 Å². The molecule has 0 spiro atoms. The zero-order valence-electron chi connectivity index (χ0n) is 9.36. The minimum Gasteiger partial charge on any atom is -0.466 e. The van der Waals surface area contributed by atoms with Gasteiger partial charge < -0.3 is 19.9 Å². The molecule has 88 valence electrons. The van der Waals surface area contributed by atoms with E-state index >= 15 is 0 Å². The Morgan fingerprint density at radius 1 is 1.33 bits per heavy atom. The fraction of sp³-hybridized carbons (Fsp3) is 0.556. The van der Waals surface area contributed by atoms with E-state index in [4.69, 9.17) is 5.11 Å². The summed E-state index contributed by atoms with van der Waals surface area (Å²) in [5.41, 5.74) is 0.206. The molecule has 0 fully saturated rings. The first-order chi connectivity index (χ1) is 6.90. The first-order valence-electron chi connectivity index (χ1n) is 4.03. The molecule has 0 aromatic heterocycles. The van der Waals surface area contributed by atoms with Crippen LogP contribution in [0.3, 0.4) is 0 Å². The minimum absolute atomic E-state index is 0.206. The average molecular weight is 219 g/mol. The molecule has 0 aromatic rings. The first-order valence-corrected chi connectivity index (χ1v) is 4.03. The van der Waals surface area contributed by atoms with Crippen molar-refractivity contribution in [2.75, 3.05) is 21.3 Å². The number of amides is 1. The van der Waals surface area contributed by atoms with Crippen molar-refractivity contribution in [3.8, 4) is 0 Å².